The highest BCUT2D eigenvalue weighted by molar-refractivity contribution is 6.34. The molecule has 106 valence electrons. The third-order valence-corrected chi connectivity index (χ3v) is 3.39. The highest BCUT2D eigenvalue weighted by atomic mass is 35.5. The molecule has 0 aliphatic rings. The second-order valence-electron chi connectivity index (χ2n) is 4.36. The Morgan fingerprint density at radius 3 is 2.20 bits per heavy atom. The topological polar surface area (TPSA) is 47.3 Å². The fraction of sp³-hybridized carbons (Fsp3) is 0.200. The molecule has 20 heavy (non-hydrogen) atoms. The van der Waals surface area contributed by atoms with Crippen molar-refractivity contribution in [3.05, 3.63) is 58.1 Å². The molecule has 3 N–H and O–H groups in total. The third-order valence-electron chi connectivity index (χ3n) is 2.95. The molecule has 2 rings (SSSR count). The van der Waals surface area contributed by atoms with Crippen molar-refractivity contribution in [2.75, 3.05) is 19.0 Å². The number of hydrogen-bond donors (Lipinski definition) is 2. The van der Waals surface area contributed by atoms with Crippen LogP contribution < -0.4 is 15.8 Å². The number of anilines is 1. The Morgan fingerprint density at radius 1 is 1.10 bits per heavy atom. The minimum Gasteiger partial charge on any atom is -0.497 e. The van der Waals surface area contributed by atoms with Crippen LogP contribution >= 0.6 is 23.2 Å². The second-order valence-corrected chi connectivity index (χ2v) is 5.24. The quantitative estimate of drug-likeness (QED) is 0.873. The fourth-order valence-corrected chi connectivity index (χ4v) is 2.49. The molecule has 0 radical (unpaired) electrons. The molecule has 2 aromatic carbocycles. The molecule has 0 saturated heterocycles. The van der Waals surface area contributed by atoms with Crippen molar-refractivity contribution >= 4 is 28.9 Å². The Balaban J connectivity index is 2.19. The van der Waals surface area contributed by atoms with Crippen LogP contribution in [0, 0.1) is 0 Å². The van der Waals surface area contributed by atoms with Gasteiger partial charge in [-0.3, -0.25) is 0 Å². The van der Waals surface area contributed by atoms with Gasteiger partial charge in [0.25, 0.3) is 0 Å². The van der Waals surface area contributed by atoms with Gasteiger partial charge in [-0.1, -0.05) is 23.2 Å². The summed E-state index contributed by atoms with van der Waals surface area (Å²) in [5, 5.41) is 4.55. The summed E-state index contributed by atoms with van der Waals surface area (Å²) in [7, 11) is 1.64. The summed E-state index contributed by atoms with van der Waals surface area (Å²) in [5.74, 6) is 0.811. The fourth-order valence-electron chi connectivity index (χ4n) is 1.94. The lowest BCUT2D eigenvalue weighted by Crippen LogP contribution is -2.20. The number of nitrogens with one attached hydrogen (secondary N) is 1. The molecule has 1 atom stereocenters. The normalized spacial score (nSPS) is 12.0. The van der Waals surface area contributed by atoms with Crippen molar-refractivity contribution in [2.24, 2.45) is 5.73 Å². The average Bonchev–Trinajstić information content (AvgIpc) is 2.44. The molecule has 0 aromatic heterocycles. The van der Waals surface area contributed by atoms with Crippen molar-refractivity contribution < 1.29 is 4.74 Å². The van der Waals surface area contributed by atoms with Crippen LogP contribution in [0.2, 0.25) is 10.0 Å². The van der Waals surface area contributed by atoms with E-state index in [1.165, 1.54) is 0 Å². The maximum absolute atomic E-state index is 6.02. The van der Waals surface area contributed by atoms with Gasteiger partial charge in [0, 0.05) is 22.3 Å². The van der Waals surface area contributed by atoms with Crippen LogP contribution in [0.3, 0.4) is 0 Å². The second kappa shape index (κ2) is 6.84. The smallest absolute Gasteiger partial charge is 0.119 e. The summed E-state index contributed by atoms with van der Waals surface area (Å²) in [6, 6.07) is 13.0. The zero-order chi connectivity index (χ0) is 14.5. The van der Waals surface area contributed by atoms with Crippen LogP contribution in [0.5, 0.6) is 5.75 Å². The third kappa shape index (κ3) is 3.79. The first kappa shape index (κ1) is 15.0. The lowest BCUT2D eigenvalue weighted by Gasteiger charge is -2.19. The molecule has 2 aromatic rings. The van der Waals surface area contributed by atoms with E-state index in [-0.39, 0.29) is 6.04 Å². The Kier molecular flexibility index (Phi) is 5.12. The summed E-state index contributed by atoms with van der Waals surface area (Å²) in [5.41, 5.74) is 7.75. The van der Waals surface area contributed by atoms with E-state index < -0.39 is 0 Å². The van der Waals surface area contributed by atoms with E-state index in [4.69, 9.17) is 33.7 Å². The van der Waals surface area contributed by atoms with Crippen LogP contribution in [0.25, 0.3) is 0 Å². The molecular weight excluding hydrogens is 295 g/mol. The van der Waals surface area contributed by atoms with Gasteiger partial charge in [-0.15, -0.1) is 0 Å². The van der Waals surface area contributed by atoms with Crippen LogP contribution in [-0.4, -0.2) is 13.7 Å². The highest BCUT2D eigenvalue weighted by Gasteiger charge is 2.11. The van der Waals surface area contributed by atoms with Crippen LogP contribution in [0.4, 0.5) is 5.69 Å². The molecule has 0 fully saturated rings. The van der Waals surface area contributed by atoms with Gasteiger partial charge < -0.3 is 15.8 Å². The van der Waals surface area contributed by atoms with E-state index in [1.807, 2.05) is 36.4 Å². The summed E-state index contributed by atoms with van der Waals surface area (Å²) in [6.07, 6.45) is 0. The van der Waals surface area contributed by atoms with Gasteiger partial charge in [0.15, 0.2) is 0 Å². The van der Waals surface area contributed by atoms with Gasteiger partial charge >= 0.3 is 0 Å². The van der Waals surface area contributed by atoms with Crippen molar-refractivity contribution in [2.45, 2.75) is 6.04 Å². The summed E-state index contributed by atoms with van der Waals surface area (Å²) in [4.78, 5) is 0. The number of hydrogen-bond acceptors (Lipinski definition) is 3. The van der Waals surface area contributed by atoms with E-state index in [9.17, 15) is 0 Å². The van der Waals surface area contributed by atoms with E-state index in [0.717, 1.165) is 17.0 Å². The molecular formula is C15H16Cl2N2O. The lowest BCUT2D eigenvalue weighted by atomic mass is 10.1. The number of nitrogens with two attached hydrogens (primary N) is 1. The Labute approximate surface area is 128 Å². The average molecular weight is 311 g/mol. The predicted octanol–water partition coefficient (Wildman–Crippen LogP) is 4.11. The maximum Gasteiger partial charge on any atom is 0.119 e. The first-order valence-electron chi connectivity index (χ1n) is 6.19. The monoisotopic (exact) mass is 310 g/mol. The van der Waals surface area contributed by atoms with Crippen molar-refractivity contribution in [3.8, 4) is 5.75 Å². The number of halogens is 2. The number of benzene rings is 2. The minimum atomic E-state index is -0.0559. The van der Waals surface area contributed by atoms with Crippen LogP contribution in [0.15, 0.2) is 42.5 Å². The molecule has 5 heteroatoms. The van der Waals surface area contributed by atoms with Gasteiger partial charge in [-0.25, -0.2) is 0 Å². The van der Waals surface area contributed by atoms with Gasteiger partial charge in [0.2, 0.25) is 0 Å². The van der Waals surface area contributed by atoms with Gasteiger partial charge in [-0.2, -0.15) is 0 Å². The van der Waals surface area contributed by atoms with Crippen LogP contribution in [-0.2, 0) is 0 Å². The van der Waals surface area contributed by atoms with Crippen molar-refractivity contribution in [3.63, 3.8) is 0 Å². The zero-order valence-electron chi connectivity index (χ0n) is 11.1. The number of ether oxygens (including phenoxy) is 1. The molecule has 0 aliphatic carbocycles. The van der Waals surface area contributed by atoms with Crippen molar-refractivity contribution in [1.82, 2.24) is 0 Å². The first-order valence-corrected chi connectivity index (χ1v) is 6.94. The lowest BCUT2D eigenvalue weighted by molar-refractivity contribution is 0.415. The van der Waals surface area contributed by atoms with E-state index in [2.05, 4.69) is 5.32 Å². The standard InChI is InChI=1S/C15H16Cl2N2O/c1-20-14-4-2-13(3-5-14)19-15(9-18)10-6-11(16)8-12(17)7-10/h2-8,15,19H,9,18H2,1H3. The highest BCUT2D eigenvalue weighted by Crippen LogP contribution is 2.26. The Hall–Kier alpha value is -1.42. The summed E-state index contributed by atoms with van der Waals surface area (Å²) < 4.78 is 5.13. The molecule has 0 amide bonds. The molecule has 0 aliphatic heterocycles. The molecule has 3 nitrogen and oxygen atoms in total. The molecule has 0 heterocycles. The van der Waals surface area contributed by atoms with Gasteiger partial charge in [-0.05, 0) is 48.0 Å². The summed E-state index contributed by atoms with van der Waals surface area (Å²) in [6.45, 7) is 0.433. The summed E-state index contributed by atoms with van der Waals surface area (Å²) >= 11 is 12.0. The largest absolute Gasteiger partial charge is 0.497 e. The van der Waals surface area contributed by atoms with Gasteiger partial charge in [0.1, 0.15) is 5.75 Å². The molecule has 1 unspecified atom stereocenters. The molecule has 0 bridgehead atoms. The van der Waals surface area contributed by atoms with Crippen LogP contribution in [0.1, 0.15) is 11.6 Å². The van der Waals surface area contributed by atoms with Gasteiger partial charge in [0.05, 0.1) is 13.2 Å². The van der Waals surface area contributed by atoms with Crippen molar-refractivity contribution in [1.29, 1.82) is 0 Å². The number of methoxy groups -OCH3 is 1. The van der Waals surface area contributed by atoms with E-state index >= 15 is 0 Å². The molecule has 0 spiro atoms. The Bertz CT molecular complexity index is 552. The first-order chi connectivity index (χ1) is 9.62. The SMILES string of the molecule is COc1ccc(NC(CN)c2cc(Cl)cc(Cl)c2)cc1. The zero-order valence-corrected chi connectivity index (χ0v) is 12.6. The van der Waals surface area contributed by atoms with E-state index in [0.29, 0.717) is 16.6 Å². The predicted molar refractivity (Wildman–Crippen MR) is 84.9 cm³/mol. The number of rotatable bonds is 5. The van der Waals surface area contributed by atoms with E-state index in [1.54, 1.807) is 13.2 Å². The maximum atomic E-state index is 6.02. The minimum absolute atomic E-state index is 0.0559. The Morgan fingerprint density at radius 2 is 1.70 bits per heavy atom. The molecule has 0 saturated carbocycles.